The quantitative estimate of drug-likeness (QED) is 0.122. The zero-order valence-electron chi connectivity index (χ0n) is 44.7. The highest BCUT2D eigenvalue weighted by Gasteiger charge is 2.22. The van der Waals surface area contributed by atoms with Gasteiger partial charge in [0, 0.05) is 67.3 Å². The van der Waals surface area contributed by atoms with Gasteiger partial charge in [-0.05, 0) is 175 Å². The molecule has 0 aliphatic rings. The van der Waals surface area contributed by atoms with Crippen LogP contribution in [0.25, 0.3) is 83.6 Å². The van der Waals surface area contributed by atoms with E-state index in [2.05, 4.69) is 315 Å². The van der Waals surface area contributed by atoms with Gasteiger partial charge >= 0.3 is 0 Å². The average molecular weight is 1020 g/mol. The lowest BCUT2D eigenvalue weighted by atomic mass is 9.93. The van der Waals surface area contributed by atoms with Crippen molar-refractivity contribution >= 4 is 55.9 Å². The van der Waals surface area contributed by atoms with Crippen LogP contribution in [0, 0.1) is 27.7 Å². The van der Waals surface area contributed by atoms with Gasteiger partial charge in [-0.15, -0.1) is 0 Å². The lowest BCUT2D eigenvalue weighted by Gasteiger charge is -2.26. The topological polar surface area (TPSA) is 37.2 Å². The molecule has 13 rings (SSSR count). The summed E-state index contributed by atoms with van der Waals surface area (Å²) in [4.78, 5) is 15.0. The smallest absolute Gasteiger partial charge is 0.160 e. The van der Waals surface area contributed by atoms with Crippen molar-refractivity contribution in [1.82, 2.24) is 14.5 Å². The molecule has 0 unspecified atom stereocenters. The van der Waals surface area contributed by atoms with Crippen LogP contribution in [0.4, 0.5) is 34.1 Å². The van der Waals surface area contributed by atoms with Crippen LogP contribution in [0.5, 0.6) is 0 Å². The highest BCUT2D eigenvalue weighted by molar-refractivity contribution is 6.12. The average Bonchev–Trinajstić information content (AvgIpc) is 3.88. The maximum Gasteiger partial charge on any atom is 0.160 e. The normalized spacial score (nSPS) is 11.3. The summed E-state index contributed by atoms with van der Waals surface area (Å²) in [5.41, 5.74) is 24.5. The van der Waals surface area contributed by atoms with Crippen LogP contribution in [0.15, 0.2) is 273 Å². The van der Waals surface area contributed by atoms with Crippen molar-refractivity contribution in [3.05, 3.63) is 295 Å². The van der Waals surface area contributed by atoms with Gasteiger partial charge in [-0.1, -0.05) is 170 Å². The van der Waals surface area contributed by atoms with Crippen LogP contribution in [-0.2, 0) is 0 Å². The Morgan fingerprint density at radius 1 is 0.291 bits per heavy atom. The van der Waals surface area contributed by atoms with E-state index < -0.39 is 0 Å². The highest BCUT2D eigenvalue weighted by atomic mass is 15.1. The fourth-order valence-electron chi connectivity index (χ4n) is 11.5. The Balaban J connectivity index is 0.870. The number of benzene rings is 11. The van der Waals surface area contributed by atoms with E-state index in [-0.39, 0.29) is 0 Å². The summed E-state index contributed by atoms with van der Waals surface area (Å²) in [6, 6.07) is 97.9. The molecule has 0 radical (unpaired) electrons. The fraction of sp³-hybridized carbons (Fsp3) is 0.0541. The molecular weight excluding hydrogens is 959 g/mol. The Labute approximate surface area is 462 Å². The van der Waals surface area contributed by atoms with E-state index >= 15 is 0 Å². The minimum atomic E-state index is 0.731. The van der Waals surface area contributed by atoms with Crippen molar-refractivity contribution in [2.45, 2.75) is 27.7 Å². The zero-order chi connectivity index (χ0) is 53.4. The van der Waals surface area contributed by atoms with Gasteiger partial charge in [0.05, 0.1) is 22.4 Å². The SMILES string of the molecule is Cc1ccccc1-c1cc(-c2ccc(-c3ccc(-c4c(C)cc(-n5c6ccc(N(c7ccccc7)c7ccccc7)cc6c6cc(N(c7ccccc7)c7ccccc7)ccc65)cc4C)cc3)cc2)nc(-c2ccccc2C)n1. The summed E-state index contributed by atoms with van der Waals surface area (Å²) in [6.07, 6.45) is 0. The number of rotatable bonds is 12. The summed E-state index contributed by atoms with van der Waals surface area (Å²) in [7, 11) is 0. The maximum atomic E-state index is 5.15. The van der Waals surface area contributed by atoms with Crippen LogP contribution < -0.4 is 9.80 Å². The molecular formula is C74H57N5. The van der Waals surface area contributed by atoms with Crippen LogP contribution in [-0.4, -0.2) is 14.5 Å². The molecule has 11 aromatic carbocycles. The van der Waals surface area contributed by atoms with E-state index in [0.29, 0.717) is 0 Å². The molecule has 79 heavy (non-hydrogen) atoms. The minimum absolute atomic E-state index is 0.731. The van der Waals surface area contributed by atoms with Crippen molar-refractivity contribution in [3.8, 4) is 61.8 Å². The molecule has 0 aliphatic heterocycles. The first-order valence-corrected chi connectivity index (χ1v) is 27.1. The fourth-order valence-corrected chi connectivity index (χ4v) is 11.5. The van der Waals surface area contributed by atoms with E-state index in [1.807, 2.05) is 0 Å². The molecule has 0 spiro atoms. The van der Waals surface area contributed by atoms with Gasteiger partial charge in [0.25, 0.3) is 0 Å². The molecule has 0 fully saturated rings. The molecule has 2 heterocycles. The van der Waals surface area contributed by atoms with Gasteiger partial charge in [0.1, 0.15) is 0 Å². The first-order chi connectivity index (χ1) is 38.8. The second kappa shape index (κ2) is 20.8. The molecule has 0 saturated heterocycles. The Bertz CT molecular complexity index is 4020. The molecule has 0 saturated carbocycles. The van der Waals surface area contributed by atoms with E-state index in [1.165, 1.54) is 38.6 Å². The molecule has 0 N–H and O–H groups in total. The summed E-state index contributed by atoms with van der Waals surface area (Å²) >= 11 is 0. The third-order valence-corrected chi connectivity index (χ3v) is 15.3. The van der Waals surface area contributed by atoms with Gasteiger partial charge < -0.3 is 14.4 Å². The number of hydrogen-bond donors (Lipinski definition) is 0. The monoisotopic (exact) mass is 1020 g/mol. The first kappa shape index (κ1) is 48.5. The lowest BCUT2D eigenvalue weighted by Crippen LogP contribution is -2.09. The van der Waals surface area contributed by atoms with Gasteiger partial charge in [-0.3, -0.25) is 0 Å². The van der Waals surface area contributed by atoms with Crippen molar-refractivity contribution in [2.75, 3.05) is 9.80 Å². The van der Waals surface area contributed by atoms with Gasteiger partial charge in [0.2, 0.25) is 0 Å². The number of fused-ring (bicyclic) bond motifs is 3. The second-order valence-electron chi connectivity index (χ2n) is 20.5. The van der Waals surface area contributed by atoms with E-state index in [1.54, 1.807) is 0 Å². The van der Waals surface area contributed by atoms with Crippen LogP contribution in [0.3, 0.4) is 0 Å². The predicted octanol–water partition coefficient (Wildman–Crippen LogP) is 20.1. The number of aromatic nitrogens is 3. The maximum absolute atomic E-state index is 5.15. The molecule has 5 heteroatoms. The van der Waals surface area contributed by atoms with Crippen molar-refractivity contribution in [1.29, 1.82) is 0 Å². The molecule has 0 aliphatic carbocycles. The van der Waals surface area contributed by atoms with E-state index in [9.17, 15) is 0 Å². The molecule has 2 aromatic heterocycles. The Kier molecular flexibility index (Phi) is 12.8. The number of nitrogens with zero attached hydrogens (tertiary/aromatic N) is 5. The number of para-hydroxylation sites is 4. The van der Waals surface area contributed by atoms with Gasteiger partial charge in [0.15, 0.2) is 5.82 Å². The predicted molar refractivity (Wildman–Crippen MR) is 332 cm³/mol. The number of aryl methyl sites for hydroxylation is 4. The van der Waals surface area contributed by atoms with Gasteiger partial charge in [-0.25, -0.2) is 9.97 Å². The molecule has 13 aromatic rings. The summed E-state index contributed by atoms with van der Waals surface area (Å²) in [6.45, 7) is 8.76. The third-order valence-electron chi connectivity index (χ3n) is 15.3. The van der Waals surface area contributed by atoms with Crippen molar-refractivity contribution < 1.29 is 0 Å². The molecule has 0 amide bonds. The Morgan fingerprint density at radius 3 is 1.11 bits per heavy atom. The first-order valence-electron chi connectivity index (χ1n) is 27.1. The highest BCUT2D eigenvalue weighted by Crippen LogP contribution is 2.44. The summed E-state index contributed by atoms with van der Waals surface area (Å²) < 4.78 is 2.45. The van der Waals surface area contributed by atoms with Gasteiger partial charge in [-0.2, -0.15) is 0 Å². The number of hydrogen-bond acceptors (Lipinski definition) is 4. The van der Waals surface area contributed by atoms with Crippen molar-refractivity contribution in [2.24, 2.45) is 0 Å². The van der Waals surface area contributed by atoms with Crippen LogP contribution in [0.2, 0.25) is 0 Å². The second-order valence-corrected chi connectivity index (χ2v) is 20.5. The zero-order valence-corrected chi connectivity index (χ0v) is 44.7. The van der Waals surface area contributed by atoms with Crippen LogP contribution >= 0.6 is 0 Å². The molecule has 378 valence electrons. The lowest BCUT2D eigenvalue weighted by molar-refractivity contribution is 1.16. The summed E-state index contributed by atoms with van der Waals surface area (Å²) in [5.74, 6) is 0.731. The number of anilines is 6. The standard InChI is InChI=1S/C74H57N5/c1-50-21-17-19-31-65(50)70-49-69(75-74(76-70)66-32-20-18-22-51(66)2)56-37-33-54(34-38-56)55-35-39-57(40-36-55)73-52(3)45-64(46-53(73)4)79-71-43-41-62(77(58-23-9-5-10-24-58)59-25-11-6-12-26-59)47-67(71)68-48-63(42-44-72(68)79)78(60-27-13-7-14-28-60)61-29-15-8-16-30-61/h5-49H,1-4H3. The van der Waals surface area contributed by atoms with Crippen molar-refractivity contribution in [3.63, 3.8) is 0 Å². The minimum Gasteiger partial charge on any atom is -0.310 e. The Hall–Kier alpha value is -10.1. The van der Waals surface area contributed by atoms with E-state index in [0.717, 1.165) is 101 Å². The Morgan fingerprint density at radius 2 is 0.671 bits per heavy atom. The molecule has 0 atom stereocenters. The summed E-state index contributed by atoms with van der Waals surface area (Å²) in [5, 5.41) is 2.35. The van der Waals surface area contributed by atoms with Crippen LogP contribution in [0.1, 0.15) is 22.3 Å². The largest absolute Gasteiger partial charge is 0.310 e. The molecule has 0 bridgehead atoms. The van der Waals surface area contributed by atoms with E-state index in [4.69, 9.17) is 9.97 Å². The molecule has 5 nitrogen and oxygen atoms in total. The third kappa shape index (κ3) is 9.32.